The normalized spacial score (nSPS) is 37.8. The summed E-state index contributed by atoms with van der Waals surface area (Å²) in [6.07, 6.45) is 4.45. The van der Waals surface area contributed by atoms with Crippen LogP contribution in [0.3, 0.4) is 0 Å². The van der Waals surface area contributed by atoms with Crippen molar-refractivity contribution in [1.82, 2.24) is 5.32 Å². The van der Waals surface area contributed by atoms with E-state index < -0.39 is 0 Å². The highest BCUT2D eigenvalue weighted by Gasteiger charge is 2.38. The van der Waals surface area contributed by atoms with Gasteiger partial charge in [0.15, 0.2) is 0 Å². The summed E-state index contributed by atoms with van der Waals surface area (Å²) in [5.74, 6) is 0.582. The molecule has 100 valence electrons. The molecule has 2 rings (SSSR count). The van der Waals surface area contributed by atoms with E-state index in [-0.39, 0.29) is 12.1 Å². The molecule has 3 atom stereocenters. The first-order chi connectivity index (χ1) is 8.28. The standard InChI is InChI=1S/C13H25NO3/c1-2-14-13(10-15)5-3-12(7-13)17-9-11-4-6-16-8-11/h11-12,14-15H,2-10H2,1H3. The number of rotatable bonds is 6. The smallest absolute Gasteiger partial charge is 0.0614 e. The Hall–Kier alpha value is -0.160. The lowest BCUT2D eigenvalue weighted by Crippen LogP contribution is -2.46. The Morgan fingerprint density at radius 1 is 1.47 bits per heavy atom. The molecule has 1 aliphatic heterocycles. The van der Waals surface area contributed by atoms with E-state index >= 15 is 0 Å². The van der Waals surface area contributed by atoms with Crippen LogP contribution in [0.25, 0.3) is 0 Å². The molecule has 0 spiro atoms. The molecule has 0 aromatic heterocycles. The summed E-state index contributed by atoms with van der Waals surface area (Å²) in [6, 6.07) is 0. The fourth-order valence-electron chi connectivity index (χ4n) is 2.94. The maximum atomic E-state index is 9.51. The first kappa shape index (κ1) is 13.3. The van der Waals surface area contributed by atoms with Gasteiger partial charge >= 0.3 is 0 Å². The molecule has 1 aliphatic carbocycles. The SMILES string of the molecule is CCNC1(CO)CCC(OCC2CCOC2)C1. The number of hydrogen-bond acceptors (Lipinski definition) is 4. The van der Waals surface area contributed by atoms with Gasteiger partial charge in [-0.2, -0.15) is 0 Å². The van der Waals surface area contributed by atoms with Crippen LogP contribution in [-0.2, 0) is 9.47 Å². The van der Waals surface area contributed by atoms with Gasteiger partial charge in [0.05, 0.1) is 25.9 Å². The number of aliphatic hydroxyl groups is 1. The van der Waals surface area contributed by atoms with Gasteiger partial charge in [-0.3, -0.25) is 0 Å². The van der Waals surface area contributed by atoms with Crippen molar-refractivity contribution in [3.8, 4) is 0 Å². The monoisotopic (exact) mass is 243 g/mol. The molecule has 1 heterocycles. The minimum atomic E-state index is -0.0917. The summed E-state index contributed by atoms with van der Waals surface area (Å²) < 4.78 is 11.3. The van der Waals surface area contributed by atoms with Gasteiger partial charge in [-0.25, -0.2) is 0 Å². The zero-order valence-electron chi connectivity index (χ0n) is 10.8. The molecule has 0 bridgehead atoms. The number of hydrogen-bond donors (Lipinski definition) is 2. The van der Waals surface area contributed by atoms with Gasteiger partial charge in [-0.05, 0) is 32.2 Å². The minimum Gasteiger partial charge on any atom is -0.394 e. The van der Waals surface area contributed by atoms with Gasteiger partial charge in [0, 0.05) is 18.1 Å². The zero-order chi connectivity index (χ0) is 12.1. The number of aliphatic hydroxyl groups excluding tert-OH is 1. The number of likely N-dealkylation sites (N-methyl/N-ethyl adjacent to an activating group) is 1. The van der Waals surface area contributed by atoms with E-state index in [0.717, 1.165) is 52.0 Å². The quantitative estimate of drug-likeness (QED) is 0.729. The van der Waals surface area contributed by atoms with Crippen molar-refractivity contribution in [3.05, 3.63) is 0 Å². The highest BCUT2D eigenvalue weighted by Crippen LogP contribution is 2.32. The van der Waals surface area contributed by atoms with Crippen LogP contribution in [0.4, 0.5) is 0 Å². The van der Waals surface area contributed by atoms with Crippen molar-refractivity contribution < 1.29 is 14.6 Å². The van der Waals surface area contributed by atoms with Crippen LogP contribution < -0.4 is 5.32 Å². The van der Waals surface area contributed by atoms with Crippen molar-refractivity contribution >= 4 is 0 Å². The fourth-order valence-corrected chi connectivity index (χ4v) is 2.94. The van der Waals surface area contributed by atoms with E-state index in [0.29, 0.717) is 12.0 Å². The summed E-state index contributed by atoms with van der Waals surface area (Å²) in [4.78, 5) is 0. The second-order valence-electron chi connectivity index (χ2n) is 5.40. The maximum Gasteiger partial charge on any atom is 0.0614 e. The van der Waals surface area contributed by atoms with E-state index in [4.69, 9.17) is 9.47 Å². The number of nitrogens with one attached hydrogen (secondary N) is 1. The predicted octanol–water partition coefficient (Wildman–Crippen LogP) is 0.933. The van der Waals surface area contributed by atoms with Gasteiger partial charge in [0.25, 0.3) is 0 Å². The van der Waals surface area contributed by atoms with Crippen LogP contribution in [0, 0.1) is 5.92 Å². The van der Waals surface area contributed by atoms with Gasteiger partial charge < -0.3 is 19.9 Å². The first-order valence-electron chi connectivity index (χ1n) is 6.83. The molecule has 0 amide bonds. The van der Waals surface area contributed by atoms with Gasteiger partial charge in [0.2, 0.25) is 0 Å². The van der Waals surface area contributed by atoms with E-state index in [2.05, 4.69) is 12.2 Å². The summed E-state index contributed by atoms with van der Waals surface area (Å²) in [5.41, 5.74) is -0.0917. The number of ether oxygens (including phenoxy) is 2. The topological polar surface area (TPSA) is 50.7 Å². The van der Waals surface area contributed by atoms with Crippen LogP contribution in [0.5, 0.6) is 0 Å². The molecular weight excluding hydrogens is 218 g/mol. The summed E-state index contributed by atoms with van der Waals surface area (Å²) in [5, 5.41) is 12.9. The third kappa shape index (κ3) is 3.41. The van der Waals surface area contributed by atoms with E-state index in [1.165, 1.54) is 0 Å². The average molecular weight is 243 g/mol. The second kappa shape index (κ2) is 6.14. The highest BCUT2D eigenvalue weighted by molar-refractivity contribution is 4.96. The maximum absolute atomic E-state index is 9.51. The van der Waals surface area contributed by atoms with Crippen molar-refractivity contribution in [3.63, 3.8) is 0 Å². The van der Waals surface area contributed by atoms with Gasteiger partial charge in [-0.15, -0.1) is 0 Å². The van der Waals surface area contributed by atoms with Gasteiger partial charge in [0.1, 0.15) is 0 Å². The molecule has 2 fully saturated rings. The highest BCUT2D eigenvalue weighted by atomic mass is 16.5. The Balaban J connectivity index is 1.72. The lowest BCUT2D eigenvalue weighted by Gasteiger charge is -2.28. The zero-order valence-corrected chi connectivity index (χ0v) is 10.8. The molecule has 17 heavy (non-hydrogen) atoms. The van der Waals surface area contributed by atoms with Crippen LogP contribution in [0.1, 0.15) is 32.6 Å². The largest absolute Gasteiger partial charge is 0.394 e. The Bertz CT molecular complexity index is 231. The second-order valence-corrected chi connectivity index (χ2v) is 5.40. The van der Waals surface area contributed by atoms with E-state index in [1.807, 2.05) is 0 Å². The van der Waals surface area contributed by atoms with Gasteiger partial charge in [-0.1, -0.05) is 6.92 Å². The van der Waals surface area contributed by atoms with Crippen molar-refractivity contribution in [1.29, 1.82) is 0 Å². The molecule has 3 unspecified atom stereocenters. The fraction of sp³-hybridized carbons (Fsp3) is 1.00. The molecule has 0 aromatic carbocycles. The minimum absolute atomic E-state index is 0.0917. The van der Waals surface area contributed by atoms with Crippen molar-refractivity contribution in [2.75, 3.05) is 33.0 Å². The lowest BCUT2D eigenvalue weighted by molar-refractivity contribution is 0.0225. The third-order valence-corrected chi connectivity index (χ3v) is 4.01. The van der Waals surface area contributed by atoms with E-state index in [1.54, 1.807) is 0 Å². The summed E-state index contributed by atoms with van der Waals surface area (Å²) in [6.45, 7) is 5.76. The molecular formula is C13H25NO3. The average Bonchev–Trinajstić information content (AvgIpc) is 2.96. The van der Waals surface area contributed by atoms with Crippen LogP contribution in [0.2, 0.25) is 0 Å². The Morgan fingerprint density at radius 3 is 3.00 bits per heavy atom. The molecule has 4 nitrogen and oxygen atoms in total. The molecule has 1 saturated heterocycles. The Morgan fingerprint density at radius 2 is 2.35 bits per heavy atom. The lowest BCUT2D eigenvalue weighted by atomic mass is 9.99. The molecule has 2 N–H and O–H groups in total. The van der Waals surface area contributed by atoms with Crippen molar-refractivity contribution in [2.45, 2.75) is 44.2 Å². The third-order valence-electron chi connectivity index (χ3n) is 4.01. The molecule has 2 aliphatic rings. The molecule has 0 radical (unpaired) electrons. The summed E-state index contributed by atoms with van der Waals surface area (Å²) in [7, 11) is 0. The molecule has 0 aromatic rings. The van der Waals surface area contributed by atoms with Crippen LogP contribution in [0.15, 0.2) is 0 Å². The predicted molar refractivity (Wildman–Crippen MR) is 66.0 cm³/mol. The molecule has 1 saturated carbocycles. The first-order valence-corrected chi connectivity index (χ1v) is 6.83. The van der Waals surface area contributed by atoms with Crippen LogP contribution in [-0.4, -0.2) is 49.7 Å². The van der Waals surface area contributed by atoms with Crippen LogP contribution >= 0.6 is 0 Å². The summed E-state index contributed by atoms with van der Waals surface area (Å²) >= 11 is 0. The Labute approximate surface area is 104 Å². The molecule has 4 heteroatoms. The van der Waals surface area contributed by atoms with E-state index in [9.17, 15) is 5.11 Å². The van der Waals surface area contributed by atoms with Crippen molar-refractivity contribution in [2.24, 2.45) is 5.92 Å². The Kier molecular flexibility index (Phi) is 4.79.